The molecule has 1 aliphatic carbocycles. The highest BCUT2D eigenvalue weighted by Gasteiger charge is 2.36. The molecule has 1 aliphatic heterocycles. The molecule has 0 radical (unpaired) electrons. The standard InChI is InChI=1S/C19H28FN3O2/c20-15-7-5-13(6-8-15)9-16-11-23(18(12-24)19(25)22-16)10-14-3-1-2-4-17(14)21/h5-8,14,16-18,24H,1-4,9-12,21H2,(H,22,25)/t14?,16-,17+,18-/m0/s1. The summed E-state index contributed by atoms with van der Waals surface area (Å²) < 4.78 is 13.1. The molecule has 6 heteroatoms. The lowest BCUT2D eigenvalue weighted by atomic mass is 9.84. The second kappa shape index (κ2) is 8.25. The fourth-order valence-corrected chi connectivity index (χ4v) is 4.10. The van der Waals surface area contributed by atoms with Crippen LogP contribution in [0.5, 0.6) is 0 Å². The molecule has 138 valence electrons. The number of piperazine rings is 1. The second-order valence-corrected chi connectivity index (χ2v) is 7.40. The number of aliphatic hydroxyl groups excluding tert-OH is 1. The van der Waals surface area contributed by atoms with Crippen LogP contribution in [-0.2, 0) is 11.2 Å². The van der Waals surface area contributed by atoms with Crippen LogP contribution in [-0.4, -0.2) is 53.7 Å². The normalized spacial score (nSPS) is 30.9. The monoisotopic (exact) mass is 349 g/mol. The van der Waals surface area contributed by atoms with Gasteiger partial charge in [0.2, 0.25) is 5.91 Å². The highest BCUT2D eigenvalue weighted by atomic mass is 19.1. The lowest BCUT2D eigenvalue weighted by molar-refractivity contribution is -0.133. The maximum atomic E-state index is 13.1. The lowest BCUT2D eigenvalue weighted by Crippen LogP contribution is -2.63. The number of hydrogen-bond acceptors (Lipinski definition) is 4. The lowest BCUT2D eigenvalue weighted by Gasteiger charge is -2.42. The first kappa shape index (κ1) is 18.3. The van der Waals surface area contributed by atoms with Gasteiger partial charge in [-0.25, -0.2) is 4.39 Å². The summed E-state index contributed by atoms with van der Waals surface area (Å²) >= 11 is 0. The van der Waals surface area contributed by atoms with Crippen molar-refractivity contribution in [2.75, 3.05) is 19.7 Å². The largest absolute Gasteiger partial charge is 0.394 e. The molecule has 0 spiro atoms. The smallest absolute Gasteiger partial charge is 0.240 e. The molecule has 1 unspecified atom stereocenters. The minimum atomic E-state index is -0.501. The molecule has 1 saturated carbocycles. The Hall–Kier alpha value is -1.50. The number of hydrogen-bond donors (Lipinski definition) is 3. The Balaban J connectivity index is 1.66. The molecule has 1 aromatic rings. The first-order valence-electron chi connectivity index (χ1n) is 9.22. The summed E-state index contributed by atoms with van der Waals surface area (Å²) in [4.78, 5) is 14.5. The Morgan fingerprint density at radius 2 is 1.96 bits per heavy atom. The molecule has 1 saturated heterocycles. The number of carbonyl (C=O) groups excluding carboxylic acids is 1. The highest BCUT2D eigenvalue weighted by Crippen LogP contribution is 2.25. The van der Waals surface area contributed by atoms with Gasteiger partial charge in [0.15, 0.2) is 0 Å². The molecule has 3 rings (SSSR count). The molecule has 2 aliphatic rings. The van der Waals surface area contributed by atoms with Gasteiger partial charge in [0.05, 0.1) is 6.61 Å². The number of rotatable bonds is 5. The molecule has 0 bridgehead atoms. The van der Waals surface area contributed by atoms with Crippen molar-refractivity contribution < 1.29 is 14.3 Å². The quantitative estimate of drug-likeness (QED) is 0.742. The van der Waals surface area contributed by atoms with E-state index in [1.165, 1.54) is 25.0 Å². The summed E-state index contributed by atoms with van der Waals surface area (Å²) in [5, 5.41) is 12.7. The minimum Gasteiger partial charge on any atom is -0.394 e. The van der Waals surface area contributed by atoms with Crippen LogP contribution in [0.3, 0.4) is 0 Å². The van der Waals surface area contributed by atoms with Crippen LogP contribution in [0, 0.1) is 11.7 Å². The van der Waals surface area contributed by atoms with Crippen LogP contribution in [0.15, 0.2) is 24.3 Å². The van der Waals surface area contributed by atoms with Gasteiger partial charge in [-0.2, -0.15) is 0 Å². The Morgan fingerprint density at radius 3 is 2.64 bits per heavy atom. The SMILES string of the molecule is N[C@@H]1CCCCC1CN1C[C@H](Cc2ccc(F)cc2)NC(=O)[C@@H]1CO. The van der Waals surface area contributed by atoms with Gasteiger partial charge in [-0.05, 0) is 42.9 Å². The van der Waals surface area contributed by atoms with Gasteiger partial charge in [-0.15, -0.1) is 0 Å². The Kier molecular flexibility index (Phi) is 6.04. The Bertz CT molecular complexity index is 581. The fraction of sp³-hybridized carbons (Fsp3) is 0.632. The van der Waals surface area contributed by atoms with E-state index in [-0.39, 0.29) is 30.4 Å². The van der Waals surface area contributed by atoms with E-state index in [9.17, 15) is 14.3 Å². The van der Waals surface area contributed by atoms with Crippen LogP contribution < -0.4 is 11.1 Å². The van der Waals surface area contributed by atoms with Crippen molar-refractivity contribution in [2.24, 2.45) is 11.7 Å². The molecule has 1 aromatic carbocycles. The number of nitrogens with two attached hydrogens (primary N) is 1. The van der Waals surface area contributed by atoms with Crippen molar-refractivity contribution in [3.63, 3.8) is 0 Å². The Labute approximate surface area is 148 Å². The van der Waals surface area contributed by atoms with Gasteiger partial charge in [0.1, 0.15) is 11.9 Å². The maximum Gasteiger partial charge on any atom is 0.240 e. The van der Waals surface area contributed by atoms with Crippen LogP contribution >= 0.6 is 0 Å². The average Bonchev–Trinajstić information content (AvgIpc) is 2.59. The molecular formula is C19H28FN3O2. The molecular weight excluding hydrogens is 321 g/mol. The number of carbonyl (C=O) groups is 1. The highest BCUT2D eigenvalue weighted by molar-refractivity contribution is 5.83. The summed E-state index contributed by atoms with van der Waals surface area (Å²) in [5.74, 6) is -0.0184. The van der Waals surface area contributed by atoms with E-state index in [1.54, 1.807) is 12.1 Å². The van der Waals surface area contributed by atoms with E-state index in [1.807, 2.05) is 0 Å². The molecule has 25 heavy (non-hydrogen) atoms. The maximum absolute atomic E-state index is 13.1. The van der Waals surface area contributed by atoms with Crippen LogP contribution in [0.1, 0.15) is 31.2 Å². The third kappa shape index (κ3) is 4.57. The number of halogens is 1. The van der Waals surface area contributed by atoms with E-state index in [4.69, 9.17) is 5.73 Å². The van der Waals surface area contributed by atoms with E-state index in [0.29, 0.717) is 18.9 Å². The van der Waals surface area contributed by atoms with Crippen molar-refractivity contribution >= 4 is 5.91 Å². The van der Waals surface area contributed by atoms with Crippen molar-refractivity contribution in [2.45, 2.75) is 50.2 Å². The number of nitrogens with one attached hydrogen (secondary N) is 1. The van der Waals surface area contributed by atoms with Crippen molar-refractivity contribution in [3.8, 4) is 0 Å². The molecule has 1 heterocycles. The minimum absolute atomic E-state index is 0.0411. The zero-order valence-electron chi connectivity index (χ0n) is 14.5. The van der Waals surface area contributed by atoms with E-state index in [2.05, 4.69) is 10.2 Å². The molecule has 0 aromatic heterocycles. The van der Waals surface area contributed by atoms with Gasteiger partial charge >= 0.3 is 0 Å². The molecule has 4 N–H and O–H groups in total. The van der Waals surface area contributed by atoms with Crippen molar-refractivity contribution in [3.05, 3.63) is 35.6 Å². The molecule has 4 atom stereocenters. The summed E-state index contributed by atoms with van der Waals surface area (Å²) in [6, 6.07) is 6.01. The van der Waals surface area contributed by atoms with Gasteiger partial charge in [0, 0.05) is 25.2 Å². The third-order valence-electron chi connectivity index (χ3n) is 5.55. The predicted molar refractivity (Wildman–Crippen MR) is 94.4 cm³/mol. The first-order chi connectivity index (χ1) is 12.1. The van der Waals surface area contributed by atoms with E-state index < -0.39 is 6.04 Å². The summed E-state index contributed by atoms with van der Waals surface area (Å²) in [6.45, 7) is 1.24. The number of nitrogens with zero attached hydrogens (tertiary/aromatic N) is 1. The summed E-state index contributed by atoms with van der Waals surface area (Å²) in [5.41, 5.74) is 7.25. The second-order valence-electron chi connectivity index (χ2n) is 7.40. The van der Waals surface area contributed by atoms with Crippen molar-refractivity contribution in [1.82, 2.24) is 10.2 Å². The van der Waals surface area contributed by atoms with Gasteiger partial charge in [0.25, 0.3) is 0 Å². The van der Waals surface area contributed by atoms with Crippen LogP contribution in [0.2, 0.25) is 0 Å². The number of aliphatic hydroxyl groups is 1. The van der Waals surface area contributed by atoms with Gasteiger partial charge in [-0.1, -0.05) is 25.0 Å². The molecule has 5 nitrogen and oxygen atoms in total. The predicted octanol–water partition coefficient (Wildman–Crippen LogP) is 1.05. The topological polar surface area (TPSA) is 78.6 Å². The van der Waals surface area contributed by atoms with E-state index >= 15 is 0 Å². The zero-order chi connectivity index (χ0) is 17.8. The fourth-order valence-electron chi connectivity index (χ4n) is 4.10. The van der Waals surface area contributed by atoms with Crippen LogP contribution in [0.4, 0.5) is 4.39 Å². The van der Waals surface area contributed by atoms with Gasteiger partial charge in [-0.3, -0.25) is 9.69 Å². The van der Waals surface area contributed by atoms with Crippen LogP contribution in [0.25, 0.3) is 0 Å². The molecule has 1 amide bonds. The van der Waals surface area contributed by atoms with E-state index in [0.717, 1.165) is 24.9 Å². The number of benzene rings is 1. The first-order valence-corrected chi connectivity index (χ1v) is 9.22. The van der Waals surface area contributed by atoms with Crippen molar-refractivity contribution in [1.29, 1.82) is 0 Å². The zero-order valence-corrected chi connectivity index (χ0v) is 14.5. The Morgan fingerprint density at radius 1 is 1.24 bits per heavy atom. The molecule has 2 fully saturated rings. The summed E-state index contributed by atoms with van der Waals surface area (Å²) in [7, 11) is 0. The average molecular weight is 349 g/mol. The third-order valence-corrected chi connectivity index (χ3v) is 5.55. The number of amides is 1. The summed E-state index contributed by atoms with van der Waals surface area (Å²) in [6.07, 6.45) is 5.13. The van der Waals surface area contributed by atoms with Gasteiger partial charge < -0.3 is 16.2 Å².